The van der Waals surface area contributed by atoms with E-state index in [1.165, 1.54) is 4.68 Å². The zero-order valence-electron chi connectivity index (χ0n) is 20.1. The molecule has 0 radical (unpaired) electrons. The summed E-state index contributed by atoms with van der Waals surface area (Å²) in [5.74, 6) is 1.36. The SMILES string of the molecule is COc1cccc2oc(-c3nc4ccccc4c(=O)n3N=Cc3cccn3-c3ccc(Cl)c(C)c3)cc12. The van der Waals surface area contributed by atoms with Gasteiger partial charge in [0.15, 0.2) is 5.76 Å². The fraction of sp³-hybridized carbons (Fsp3) is 0.0690. The molecule has 182 valence electrons. The largest absolute Gasteiger partial charge is 0.496 e. The van der Waals surface area contributed by atoms with E-state index in [9.17, 15) is 4.79 Å². The van der Waals surface area contributed by atoms with Crippen LogP contribution in [0.15, 0.2) is 99.4 Å². The number of hydrogen-bond acceptors (Lipinski definition) is 5. The lowest BCUT2D eigenvalue weighted by molar-refractivity contribution is 0.419. The Morgan fingerprint density at radius 2 is 1.86 bits per heavy atom. The monoisotopic (exact) mass is 508 g/mol. The highest BCUT2D eigenvalue weighted by Crippen LogP contribution is 2.33. The number of methoxy groups -OCH3 is 1. The van der Waals surface area contributed by atoms with Crippen molar-refractivity contribution in [3.8, 4) is 23.0 Å². The molecule has 0 aliphatic carbocycles. The molecule has 0 N–H and O–H groups in total. The van der Waals surface area contributed by atoms with Crippen molar-refractivity contribution in [2.75, 3.05) is 7.11 Å². The van der Waals surface area contributed by atoms with Crippen molar-refractivity contribution >= 4 is 39.7 Å². The number of fused-ring (bicyclic) bond motifs is 2. The summed E-state index contributed by atoms with van der Waals surface area (Å²) in [6, 6.07) is 24.2. The molecule has 0 amide bonds. The van der Waals surface area contributed by atoms with E-state index in [0.717, 1.165) is 22.3 Å². The summed E-state index contributed by atoms with van der Waals surface area (Å²) in [6.07, 6.45) is 3.56. The molecule has 0 spiro atoms. The van der Waals surface area contributed by atoms with Crippen LogP contribution in [-0.2, 0) is 0 Å². The topological polar surface area (TPSA) is 74.6 Å². The van der Waals surface area contributed by atoms with E-state index in [1.807, 2.05) is 78.4 Å². The number of aryl methyl sites for hydroxylation is 1. The number of aromatic nitrogens is 3. The molecule has 0 fully saturated rings. The molecule has 0 atom stereocenters. The van der Waals surface area contributed by atoms with E-state index in [0.29, 0.717) is 38.8 Å². The number of furan rings is 1. The molecule has 3 aromatic heterocycles. The average Bonchev–Trinajstić information content (AvgIpc) is 3.57. The molecule has 37 heavy (non-hydrogen) atoms. The Morgan fingerprint density at radius 1 is 1.00 bits per heavy atom. The standard InChI is InChI=1S/C29H21ClN4O3/c1-18-15-19(12-13-23(18)30)33-14-6-7-20(33)17-31-34-28(32-24-9-4-3-8-21(24)29(34)35)27-16-22-25(36-2)10-5-11-26(22)37-27/h3-17H,1-2H3. The van der Waals surface area contributed by atoms with Crippen LogP contribution in [0.25, 0.3) is 39.1 Å². The van der Waals surface area contributed by atoms with Crippen LogP contribution < -0.4 is 10.3 Å². The molecule has 0 saturated carbocycles. The summed E-state index contributed by atoms with van der Waals surface area (Å²) in [5, 5.41) is 6.53. The third kappa shape index (κ3) is 3.99. The molecule has 0 unspecified atom stereocenters. The lowest BCUT2D eigenvalue weighted by Crippen LogP contribution is -2.20. The van der Waals surface area contributed by atoms with Gasteiger partial charge in [0.05, 0.1) is 35.3 Å². The van der Waals surface area contributed by atoms with E-state index in [-0.39, 0.29) is 5.56 Å². The van der Waals surface area contributed by atoms with Crippen molar-refractivity contribution < 1.29 is 9.15 Å². The summed E-state index contributed by atoms with van der Waals surface area (Å²) in [5.41, 5.74) is 3.56. The first-order valence-electron chi connectivity index (χ1n) is 11.6. The molecule has 0 saturated heterocycles. The smallest absolute Gasteiger partial charge is 0.282 e. The average molecular weight is 509 g/mol. The quantitative estimate of drug-likeness (QED) is 0.251. The number of nitrogens with zero attached hydrogens (tertiary/aromatic N) is 4. The molecule has 6 rings (SSSR count). The highest BCUT2D eigenvalue weighted by Gasteiger charge is 2.18. The maximum atomic E-state index is 13.6. The maximum absolute atomic E-state index is 13.6. The van der Waals surface area contributed by atoms with Crippen LogP contribution in [0.3, 0.4) is 0 Å². The lowest BCUT2D eigenvalue weighted by atomic mass is 10.2. The van der Waals surface area contributed by atoms with Crippen LogP contribution >= 0.6 is 11.6 Å². The molecule has 3 heterocycles. The third-order valence-corrected chi connectivity index (χ3v) is 6.65. The highest BCUT2D eigenvalue weighted by molar-refractivity contribution is 6.31. The molecule has 0 aliphatic rings. The Balaban J connectivity index is 1.52. The predicted molar refractivity (Wildman–Crippen MR) is 146 cm³/mol. The van der Waals surface area contributed by atoms with Gasteiger partial charge < -0.3 is 13.7 Å². The number of ether oxygens (including phenoxy) is 1. The van der Waals surface area contributed by atoms with E-state index in [1.54, 1.807) is 31.5 Å². The van der Waals surface area contributed by atoms with Crippen molar-refractivity contribution in [2.24, 2.45) is 5.10 Å². The lowest BCUT2D eigenvalue weighted by Gasteiger charge is -2.09. The van der Waals surface area contributed by atoms with Gasteiger partial charge in [-0.3, -0.25) is 4.79 Å². The van der Waals surface area contributed by atoms with Gasteiger partial charge in [-0.25, -0.2) is 4.98 Å². The molecule has 7 nitrogen and oxygen atoms in total. The van der Waals surface area contributed by atoms with Crippen LogP contribution in [0.5, 0.6) is 5.75 Å². The molecular formula is C29H21ClN4O3. The number of rotatable bonds is 5. The van der Waals surface area contributed by atoms with Crippen LogP contribution in [0.1, 0.15) is 11.3 Å². The van der Waals surface area contributed by atoms with E-state index in [2.05, 4.69) is 5.10 Å². The number of hydrogen-bond donors (Lipinski definition) is 0. The minimum Gasteiger partial charge on any atom is -0.496 e. The first-order chi connectivity index (χ1) is 18.0. The first kappa shape index (κ1) is 22.8. The molecule has 6 aromatic rings. The Labute approximate surface area is 216 Å². The Bertz CT molecular complexity index is 1880. The first-order valence-corrected chi connectivity index (χ1v) is 12.0. The van der Waals surface area contributed by atoms with Gasteiger partial charge >= 0.3 is 0 Å². The third-order valence-electron chi connectivity index (χ3n) is 6.22. The van der Waals surface area contributed by atoms with E-state index < -0.39 is 0 Å². The molecule has 0 aliphatic heterocycles. The normalized spacial score (nSPS) is 11.6. The zero-order valence-corrected chi connectivity index (χ0v) is 20.8. The van der Waals surface area contributed by atoms with Gasteiger partial charge in [0.1, 0.15) is 11.3 Å². The van der Waals surface area contributed by atoms with Gasteiger partial charge in [-0.05, 0) is 73.2 Å². The molecule has 3 aromatic carbocycles. The van der Waals surface area contributed by atoms with Gasteiger partial charge in [-0.15, -0.1) is 0 Å². The van der Waals surface area contributed by atoms with E-state index >= 15 is 0 Å². The second-order valence-electron chi connectivity index (χ2n) is 8.53. The van der Waals surface area contributed by atoms with Crippen molar-refractivity contribution in [1.29, 1.82) is 0 Å². The summed E-state index contributed by atoms with van der Waals surface area (Å²) >= 11 is 6.21. The minimum atomic E-state index is -0.301. The Morgan fingerprint density at radius 3 is 2.70 bits per heavy atom. The van der Waals surface area contributed by atoms with Crippen LogP contribution in [-0.4, -0.2) is 27.6 Å². The fourth-order valence-corrected chi connectivity index (χ4v) is 4.46. The fourth-order valence-electron chi connectivity index (χ4n) is 4.34. The number of benzene rings is 3. The maximum Gasteiger partial charge on any atom is 0.282 e. The predicted octanol–water partition coefficient (Wildman–Crippen LogP) is 6.45. The summed E-state index contributed by atoms with van der Waals surface area (Å²) < 4.78 is 14.8. The van der Waals surface area contributed by atoms with Crippen molar-refractivity contribution in [3.05, 3.63) is 112 Å². The molecular weight excluding hydrogens is 488 g/mol. The molecule has 0 bridgehead atoms. The van der Waals surface area contributed by atoms with Gasteiger partial charge in [0.2, 0.25) is 5.82 Å². The highest BCUT2D eigenvalue weighted by atomic mass is 35.5. The Kier molecular flexibility index (Phi) is 5.62. The summed E-state index contributed by atoms with van der Waals surface area (Å²) in [4.78, 5) is 18.3. The van der Waals surface area contributed by atoms with Crippen LogP contribution in [0, 0.1) is 6.92 Å². The zero-order chi connectivity index (χ0) is 25.5. The van der Waals surface area contributed by atoms with Crippen LogP contribution in [0.2, 0.25) is 5.02 Å². The Hall–Kier alpha value is -4.62. The summed E-state index contributed by atoms with van der Waals surface area (Å²) in [6.45, 7) is 1.96. The second kappa shape index (κ2) is 9.11. The second-order valence-corrected chi connectivity index (χ2v) is 8.94. The van der Waals surface area contributed by atoms with Crippen molar-refractivity contribution in [3.63, 3.8) is 0 Å². The number of para-hydroxylation sites is 1. The minimum absolute atomic E-state index is 0.290. The number of halogens is 1. The van der Waals surface area contributed by atoms with Gasteiger partial charge in [-0.1, -0.05) is 29.8 Å². The molecule has 8 heteroatoms. The van der Waals surface area contributed by atoms with Gasteiger partial charge in [0, 0.05) is 16.9 Å². The van der Waals surface area contributed by atoms with Crippen LogP contribution in [0.4, 0.5) is 0 Å². The van der Waals surface area contributed by atoms with Gasteiger partial charge in [0.25, 0.3) is 5.56 Å². The van der Waals surface area contributed by atoms with E-state index in [4.69, 9.17) is 25.7 Å². The van der Waals surface area contributed by atoms with Crippen molar-refractivity contribution in [1.82, 2.24) is 14.2 Å². The van der Waals surface area contributed by atoms with Crippen molar-refractivity contribution in [2.45, 2.75) is 6.92 Å². The summed E-state index contributed by atoms with van der Waals surface area (Å²) in [7, 11) is 1.60. The van der Waals surface area contributed by atoms with Gasteiger partial charge in [-0.2, -0.15) is 9.78 Å².